The van der Waals surface area contributed by atoms with Crippen molar-refractivity contribution in [3.63, 3.8) is 0 Å². The standard InChI is InChI=1S/C23H34N2O/c1-5-11-22-13-24-15-23(12-6-2,21(22)26)16-25(14-22)20(24)19-9-7-18(8-10-19)17(3)4/h7-10,17,20H,5-6,11-16H2,1-4H3. The first kappa shape index (κ1) is 18.2. The first-order chi connectivity index (χ1) is 12.4. The van der Waals surface area contributed by atoms with E-state index in [1.54, 1.807) is 0 Å². The predicted octanol–water partition coefficient (Wildman–Crippen LogP) is 4.60. The van der Waals surface area contributed by atoms with Gasteiger partial charge in [-0.2, -0.15) is 0 Å². The van der Waals surface area contributed by atoms with Crippen molar-refractivity contribution in [2.24, 2.45) is 10.8 Å². The number of carbonyl (C=O) groups is 1. The molecule has 0 aliphatic carbocycles. The van der Waals surface area contributed by atoms with Crippen LogP contribution in [0.2, 0.25) is 0 Å². The minimum Gasteiger partial charge on any atom is -0.298 e. The van der Waals surface area contributed by atoms with Gasteiger partial charge in [0.25, 0.3) is 0 Å². The van der Waals surface area contributed by atoms with Crippen LogP contribution in [0, 0.1) is 10.8 Å². The highest BCUT2D eigenvalue weighted by atomic mass is 16.1. The van der Waals surface area contributed by atoms with E-state index in [2.05, 4.69) is 61.8 Å². The number of Topliss-reactive ketones (excluding diaryl/α,β-unsaturated/α-hetero) is 1. The van der Waals surface area contributed by atoms with E-state index >= 15 is 0 Å². The number of nitrogens with zero attached hydrogens (tertiary/aromatic N) is 2. The molecule has 4 bridgehead atoms. The van der Waals surface area contributed by atoms with Crippen LogP contribution in [0.1, 0.15) is 76.6 Å². The van der Waals surface area contributed by atoms with Crippen molar-refractivity contribution in [3.8, 4) is 0 Å². The van der Waals surface area contributed by atoms with E-state index < -0.39 is 0 Å². The van der Waals surface area contributed by atoms with Gasteiger partial charge in [-0.1, -0.05) is 64.8 Å². The SMILES string of the molecule is CCCC12CN3CC(CCC)(CN(C1)C3c1ccc(C(C)C)cc1)C2=O. The van der Waals surface area contributed by atoms with Gasteiger partial charge in [0.15, 0.2) is 0 Å². The minimum atomic E-state index is -0.116. The molecule has 0 aromatic heterocycles. The molecule has 0 unspecified atom stereocenters. The molecule has 142 valence electrons. The molecule has 1 aromatic carbocycles. The lowest BCUT2D eigenvalue weighted by Gasteiger charge is -2.66. The summed E-state index contributed by atoms with van der Waals surface area (Å²) < 4.78 is 0. The van der Waals surface area contributed by atoms with Gasteiger partial charge in [-0.15, -0.1) is 0 Å². The summed E-state index contributed by atoms with van der Waals surface area (Å²) in [6.45, 7) is 12.8. The smallest absolute Gasteiger partial charge is 0.150 e. The quantitative estimate of drug-likeness (QED) is 0.746. The summed E-state index contributed by atoms with van der Waals surface area (Å²) in [7, 11) is 0. The molecule has 5 rings (SSSR count). The Morgan fingerprint density at radius 3 is 1.77 bits per heavy atom. The molecule has 0 N–H and O–H groups in total. The van der Waals surface area contributed by atoms with Crippen LogP contribution in [0.5, 0.6) is 0 Å². The van der Waals surface area contributed by atoms with Crippen LogP contribution in [0.25, 0.3) is 0 Å². The lowest BCUT2D eigenvalue weighted by Crippen LogP contribution is -2.76. The fourth-order valence-corrected chi connectivity index (χ4v) is 6.17. The van der Waals surface area contributed by atoms with Gasteiger partial charge in [-0.05, 0) is 29.9 Å². The maximum absolute atomic E-state index is 13.5. The van der Waals surface area contributed by atoms with E-state index in [-0.39, 0.29) is 10.8 Å². The predicted molar refractivity (Wildman–Crippen MR) is 106 cm³/mol. The van der Waals surface area contributed by atoms with Gasteiger partial charge in [0, 0.05) is 26.2 Å². The van der Waals surface area contributed by atoms with E-state index in [1.165, 1.54) is 11.1 Å². The Morgan fingerprint density at radius 2 is 1.38 bits per heavy atom. The summed E-state index contributed by atoms with van der Waals surface area (Å²) >= 11 is 0. The third-order valence-electron chi connectivity index (χ3n) is 7.04. The average Bonchev–Trinajstić information content (AvgIpc) is 2.59. The molecular formula is C23H34N2O. The van der Waals surface area contributed by atoms with Crippen molar-refractivity contribution < 1.29 is 4.79 Å². The molecule has 26 heavy (non-hydrogen) atoms. The molecule has 3 nitrogen and oxygen atoms in total. The molecule has 4 saturated heterocycles. The lowest BCUT2D eigenvalue weighted by atomic mass is 9.57. The fourth-order valence-electron chi connectivity index (χ4n) is 6.17. The topological polar surface area (TPSA) is 23.6 Å². The van der Waals surface area contributed by atoms with Crippen LogP contribution < -0.4 is 0 Å². The zero-order valence-electron chi connectivity index (χ0n) is 16.9. The monoisotopic (exact) mass is 354 g/mol. The van der Waals surface area contributed by atoms with Crippen LogP contribution in [0.4, 0.5) is 0 Å². The Morgan fingerprint density at radius 1 is 0.923 bits per heavy atom. The highest BCUT2D eigenvalue weighted by Gasteiger charge is 2.64. The Balaban J connectivity index is 1.68. The number of carbonyl (C=O) groups excluding carboxylic acids is 1. The van der Waals surface area contributed by atoms with Gasteiger partial charge in [0.2, 0.25) is 0 Å². The van der Waals surface area contributed by atoms with Crippen molar-refractivity contribution in [2.75, 3.05) is 26.2 Å². The molecular weight excluding hydrogens is 320 g/mol. The van der Waals surface area contributed by atoms with Crippen LogP contribution >= 0.6 is 0 Å². The molecule has 4 heterocycles. The van der Waals surface area contributed by atoms with Gasteiger partial charge in [-0.3, -0.25) is 14.6 Å². The number of piperidine rings is 2. The van der Waals surface area contributed by atoms with Crippen molar-refractivity contribution >= 4 is 5.78 Å². The number of ketones is 1. The summed E-state index contributed by atoms with van der Waals surface area (Å²) in [4.78, 5) is 18.8. The first-order valence-electron chi connectivity index (χ1n) is 10.6. The Kier molecular flexibility index (Phi) is 4.51. The van der Waals surface area contributed by atoms with Crippen LogP contribution in [-0.4, -0.2) is 41.8 Å². The maximum Gasteiger partial charge on any atom is 0.150 e. The summed E-state index contributed by atoms with van der Waals surface area (Å²) in [6, 6.07) is 9.23. The Hall–Kier alpha value is -1.19. The highest BCUT2D eigenvalue weighted by Crippen LogP contribution is 2.55. The van der Waals surface area contributed by atoms with Gasteiger partial charge in [-0.25, -0.2) is 0 Å². The van der Waals surface area contributed by atoms with E-state index in [9.17, 15) is 4.79 Å². The zero-order chi connectivity index (χ0) is 18.5. The van der Waals surface area contributed by atoms with Crippen molar-refractivity contribution in [1.29, 1.82) is 0 Å². The Bertz CT molecular complexity index is 634. The molecule has 0 spiro atoms. The number of benzene rings is 1. The highest BCUT2D eigenvalue weighted by molar-refractivity contribution is 5.93. The maximum atomic E-state index is 13.5. The summed E-state index contributed by atoms with van der Waals surface area (Å²) in [5.41, 5.74) is 2.57. The number of rotatable bonds is 6. The lowest BCUT2D eigenvalue weighted by molar-refractivity contribution is -0.205. The molecule has 0 atom stereocenters. The van der Waals surface area contributed by atoms with Crippen LogP contribution in [0.15, 0.2) is 24.3 Å². The van der Waals surface area contributed by atoms with Gasteiger partial charge in [0.05, 0.1) is 17.0 Å². The van der Waals surface area contributed by atoms with Crippen LogP contribution in [-0.2, 0) is 4.79 Å². The fraction of sp³-hybridized carbons (Fsp3) is 0.696. The number of hydrogen-bond donors (Lipinski definition) is 0. The minimum absolute atomic E-state index is 0.116. The van der Waals surface area contributed by atoms with Gasteiger partial charge >= 0.3 is 0 Å². The van der Waals surface area contributed by atoms with E-state index in [4.69, 9.17) is 0 Å². The zero-order valence-corrected chi connectivity index (χ0v) is 16.9. The third kappa shape index (κ3) is 2.58. The second-order valence-corrected chi connectivity index (χ2v) is 9.39. The van der Waals surface area contributed by atoms with E-state index in [0.717, 1.165) is 51.9 Å². The van der Waals surface area contributed by atoms with Gasteiger partial charge < -0.3 is 0 Å². The second-order valence-electron chi connectivity index (χ2n) is 9.39. The molecule has 1 aromatic rings. The molecule has 0 radical (unpaired) electrons. The summed E-state index contributed by atoms with van der Waals surface area (Å²) in [6.07, 6.45) is 4.65. The first-order valence-corrected chi connectivity index (χ1v) is 10.6. The van der Waals surface area contributed by atoms with E-state index in [0.29, 0.717) is 17.9 Å². The van der Waals surface area contributed by atoms with Crippen LogP contribution in [0.3, 0.4) is 0 Å². The van der Waals surface area contributed by atoms with Gasteiger partial charge in [0.1, 0.15) is 5.78 Å². The molecule has 4 aliphatic rings. The van der Waals surface area contributed by atoms with Crippen molar-refractivity contribution in [2.45, 2.75) is 65.5 Å². The molecule has 0 saturated carbocycles. The Labute approximate surface area is 158 Å². The molecule has 4 aliphatic heterocycles. The van der Waals surface area contributed by atoms with Crippen molar-refractivity contribution in [3.05, 3.63) is 35.4 Å². The summed E-state index contributed by atoms with van der Waals surface area (Å²) in [5, 5.41) is 0. The van der Waals surface area contributed by atoms with E-state index in [1.807, 2.05) is 0 Å². The molecule has 4 fully saturated rings. The molecule has 0 amide bonds. The normalized spacial score (nSPS) is 38.3. The third-order valence-corrected chi connectivity index (χ3v) is 7.04. The number of hydrogen-bond acceptors (Lipinski definition) is 3. The average molecular weight is 355 g/mol. The van der Waals surface area contributed by atoms with Crippen molar-refractivity contribution in [1.82, 2.24) is 9.80 Å². The summed E-state index contributed by atoms with van der Waals surface area (Å²) in [5.74, 6) is 1.16. The second kappa shape index (κ2) is 6.45. The largest absolute Gasteiger partial charge is 0.298 e. The molecule has 3 heteroatoms.